The highest BCUT2D eigenvalue weighted by molar-refractivity contribution is 6.13. The lowest BCUT2D eigenvalue weighted by Gasteiger charge is -1.78. The topological polar surface area (TPSA) is 53.4 Å². The van der Waals surface area contributed by atoms with Crippen molar-refractivity contribution < 1.29 is 14.4 Å². The highest BCUT2D eigenvalue weighted by Gasteiger charge is 1.78. The van der Waals surface area contributed by atoms with Crippen molar-refractivity contribution >= 4 is 7.69 Å². The second kappa shape index (κ2) is 6.19. The summed E-state index contributed by atoms with van der Waals surface area (Å²) >= 11 is 0. The van der Waals surface area contributed by atoms with Crippen molar-refractivity contribution in [3.05, 3.63) is 30.3 Å². The molecular formula is C5H6BFNO2. The van der Waals surface area contributed by atoms with Crippen LogP contribution in [0.15, 0.2) is 24.5 Å². The smallest absolute Gasteiger partial charge is 0.429 e. The molecule has 53 valence electrons. The summed E-state index contributed by atoms with van der Waals surface area (Å²) < 4.78 is 11.9. The summed E-state index contributed by atoms with van der Waals surface area (Å²) in [6.07, 6.45) is 2.82. The molecule has 10 heavy (non-hydrogen) atoms. The molecule has 0 unspecified atom stereocenters. The van der Waals surface area contributed by atoms with E-state index < -0.39 is 0 Å². The number of nitrogens with zero attached hydrogens (tertiary/aromatic N) is 1. The van der Waals surface area contributed by atoms with Crippen molar-refractivity contribution in [1.29, 1.82) is 0 Å². The molecule has 2 N–H and O–H groups in total. The second-order valence-corrected chi connectivity index (χ2v) is 1.28. The molecular weight excluding hydrogens is 136 g/mol. The van der Waals surface area contributed by atoms with Crippen LogP contribution >= 0.6 is 0 Å². The van der Waals surface area contributed by atoms with Gasteiger partial charge in [0.05, 0.1) is 0 Å². The number of aromatic nitrogens is 1. The molecule has 0 amide bonds. The first kappa shape index (κ1) is 9.06. The zero-order valence-corrected chi connectivity index (χ0v) is 5.11. The van der Waals surface area contributed by atoms with Crippen molar-refractivity contribution in [1.82, 2.24) is 4.98 Å². The van der Waals surface area contributed by atoms with Gasteiger partial charge in [0, 0.05) is 12.4 Å². The molecule has 0 bridgehead atoms. The summed E-state index contributed by atoms with van der Waals surface area (Å²) in [6.45, 7) is 0. The maximum atomic E-state index is 11.9. The lowest BCUT2D eigenvalue weighted by Crippen LogP contribution is -1.75. The molecule has 0 saturated carbocycles. The molecule has 1 rings (SSSR count). The molecule has 1 heterocycles. The van der Waals surface area contributed by atoms with Crippen LogP contribution in [-0.4, -0.2) is 22.7 Å². The first-order valence-electron chi connectivity index (χ1n) is 2.47. The van der Waals surface area contributed by atoms with E-state index in [0.717, 1.165) is 0 Å². The van der Waals surface area contributed by atoms with Crippen LogP contribution in [0.5, 0.6) is 0 Å². The molecule has 0 saturated heterocycles. The van der Waals surface area contributed by atoms with E-state index in [9.17, 15) is 4.39 Å². The average Bonchev–Trinajstić information content (AvgIpc) is 1.91. The Hall–Kier alpha value is -0.935. The predicted octanol–water partition coefficient (Wildman–Crippen LogP) is -0.274. The van der Waals surface area contributed by atoms with Gasteiger partial charge < -0.3 is 10.0 Å². The lowest BCUT2D eigenvalue weighted by atomic mass is 10.5. The third kappa shape index (κ3) is 5.21. The lowest BCUT2D eigenvalue weighted by molar-refractivity contribution is 0.448. The Morgan fingerprint density at radius 2 is 1.70 bits per heavy atom. The van der Waals surface area contributed by atoms with Gasteiger partial charge in [-0.15, -0.1) is 0 Å². The van der Waals surface area contributed by atoms with Gasteiger partial charge >= 0.3 is 7.69 Å². The van der Waals surface area contributed by atoms with E-state index in [-0.39, 0.29) is 13.5 Å². The molecule has 1 aromatic heterocycles. The predicted molar refractivity (Wildman–Crippen MR) is 34.4 cm³/mol. The summed E-state index contributed by atoms with van der Waals surface area (Å²) in [5, 5.41) is 14.0. The van der Waals surface area contributed by atoms with Crippen LogP contribution in [0.3, 0.4) is 0 Å². The van der Waals surface area contributed by atoms with Crippen molar-refractivity contribution in [3.8, 4) is 0 Å². The van der Waals surface area contributed by atoms with Crippen LogP contribution in [-0.2, 0) is 0 Å². The molecule has 0 aliphatic rings. The fourth-order valence-electron chi connectivity index (χ4n) is 0.334. The molecule has 3 nitrogen and oxygen atoms in total. The minimum absolute atomic E-state index is 0. The van der Waals surface area contributed by atoms with Crippen molar-refractivity contribution in [2.45, 2.75) is 0 Å². The Bertz CT molecular complexity index is 161. The maximum absolute atomic E-state index is 11.9. The molecule has 5 heteroatoms. The average molecular weight is 142 g/mol. The van der Waals surface area contributed by atoms with Crippen LogP contribution in [0.4, 0.5) is 4.39 Å². The van der Waals surface area contributed by atoms with Crippen LogP contribution in [0, 0.1) is 5.82 Å². The Balaban J connectivity index is 0.000000236. The molecule has 0 fully saturated rings. The molecule has 0 aliphatic heterocycles. The fraction of sp³-hybridized carbons (Fsp3) is 0. The van der Waals surface area contributed by atoms with Gasteiger partial charge in [-0.3, -0.25) is 4.98 Å². The summed E-state index contributed by atoms with van der Waals surface area (Å²) in [5.41, 5.74) is 0. The van der Waals surface area contributed by atoms with E-state index in [1.165, 1.54) is 24.5 Å². The van der Waals surface area contributed by atoms with E-state index in [1.807, 2.05) is 0 Å². The van der Waals surface area contributed by atoms with Crippen molar-refractivity contribution in [2.75, 3.05) is 0 Å². The molecule has 0 spiro atoms. The van der Waals surface area contributed by atoms with Crippen molar-refractivity contribution in [3.63, 3.8) is 0 Å². The minimum Gasteiger partial charge on any atom is -0.429 e. The van der Waals surface area contributed by atoms with Gasteiger partial charge in [0.15, 0.2) is 0 Å². The Kier molecular flexibility index (Phi) is 5.61. The van der Waals surface area contributed by atoms with Crippen molar-refractivity contribution in [2.24, 2.45) is 0 Å². The van der Waals surface area contributed by atoms with Crippen LogP contribution in [0.1, 0.15) is 0 Å². The highest BCUT2D eigenvalue weighted by Crippen LogP contribution is 1.88. The fourth-order valence-corrected chi connectivity index (χ4v) is 0.334. The normalized spacial score (nSPS) is 7.50. The van der Waals surface area contributed by atoms with Gasteiger partial charge in [-0.1, -0.05) is 0 Å². The quantitative estimate of drug-likeness (QED) is 0.490. The summed E-state index contributed by atoms with van der Waals surface area (Å²) in [4.78, 5) is 3.61. The van der Waals surface area contributed by atoms with Gasteiger partial charge in [0.2, 0.25) is 0 Å². The first-order valence-corrected chi connectivity index (χ1v) is 2.47. The second-order valence-electron chi connectivity index (χ2n) is 1.28. The Morgan fingerprint density at radius 1 is 1.30 bits per heavy atom. The largest absolute Gasteiger partial charge is 0.482 e. The third-order valence-corrected chi connectivity index (χ3v) is 0.640. The molecule has 0 aliphatic carbocycles. The number of hydrogen-bond acceptors (Lipinski definition) is 3. The minimum atomic E-state index is -0.241. The highest BCUT2D eigenvalue weighted by atomic mass is 19.1. The monoisotopic (exact) mass is 142 g/mol. The Morgan fingerprint density at radius 3 is 1.90 bits per heavy atom. The van der Waals surface area contributed by atoms with Crippen LogP contribution in [0.25, 0.3) is 0 Å². The van der Waals surface area contributed by atoms with E-state index in [2.05, 4.69) is 4.98 Å². The van der Waals surface area contributed by atoms with Gasteiger partial charge in [-0.2, -0.15) is 0 Å². The molecule has 0 aromatic carbocycles. The summed E-state index contributed by atoms with van der Waals surface area (Å²) in [5.74, 6) is -0.241. The number of hydrogen-bond donors (Lipinski definition) is 2. The number of rotatable bonds is 0. The zero-order valence-electron chi connectivity index (χ0n) is 5.11. The van der Waals surface area contributed by atoms with Gasteiger partial charge in [0.25, 0.3) is 0 Å². The number of pyridine rings is 1. The van der Waals surface area contributed by atoms with Crippen LogP contribution in [0.2, 0.25) is 0 Å². The van der Waals surface area contributed by atoms with E-state index in [0.29, 0.717) is 0 Å². The van der Waals surface area contributed by atoms with Crippen LogP contribution < -0.4 is 0 Å². The summed E-state index contributed by atoms with van der Waals surface area (Å²) in [6, 6.07) is 2.61. The van der Waals surface area contributed by atoms with E-state index in [1.54, 1.807) is 0 Å². The van der Waals surface area contributed by atoms with Gasteiger partial charge in [-0.25, -0.2) is 4.39 Å². The summed E-state index contributed by atoms with van der Waals surface area (Å²) in [7, 11) is 0. The Labute approximate surface area is 58.5 Å². The maximum Gasteiger partial charge on any atom is 0.482 e. The number of halogens is 1. The van der Waals surface area contributed by atoms with E-state index in [4.69, 9.17) is 10.0 Å². The van der Waals surface area contributed by atoms with Gasteiger partial charge in [0.1, 0.15) is 5.82 Å². The standard InChI is InChI=1S/C5H4FN.BH2O2/c6-5-1-3-7-4-2-5;2-1-3/h1-4H;2-3H. The SMILES string of the molecule is Fc1ccncc1.O[B]O. The first-order chi connectivity index (χ1) is 4.81. The zero-order chi connectivity index (χ0) is 7.82. The molecule has 0 atom stereocenters. The van der Waals surface area contributed by atoms with Gasteiger partial charge in [-0.05, 0) is 12.1 Å². The molecule has 1 aromatic rings. The van der Waals surface area contributed by atoms with E-state index >= 15 is 0 Å². The molecule has 1 radical (unpaired) electrons. The third-order valence-electron chi connectivity index (χ3n) is 0.640.